The van der Waals surface area contributed by atoms with Crippen LogP contribution in [0.2, 0.25) is 0 Å². The highest BCUT2D eigenvalue weighted by atomic mass is 16.8. The van der Waals surface area contributed by atoms with Gasteiger partial charge in [0.25, 0.3) is 0 Å². The number of ether oxygens (including phenoxy) is 4. The van der Waals surface area contributed by atoms with Gasteiger partial charge in [0.05, 0.1) is 19.8 Å². The fourth-order valence-electron chi connectivity index (χ4n) is 2.63. The summed E-state index contributed by atoms with van der Waals surface area (Å²) < 4.78 is 23.0. The minimum absolute atomic E-state index is 0.00854. The van der Waals surface area contributed by atoms with Crippen LogP contribution in [0.5, 0.6) is 0 Å². The molecule has 0 N–H and O–H groups in total. The maximum atomic E-state index is 5.86. The van der Waals surface area contributed by atoms with E-state index in [0.29, 0.717) is 19.8 Å². The third kappa shape index (κ3) is 2.98. The van der Waals surface area contributed by atoms with Crippen LogP contribution in [-0.4, -0.2) is 37.3 Å². The molecule has 104 valence electrons. The normalized spacial score (nSPS) is 32.4. The predicted molar refractivity (Wildman–Crippen MR) is 69.7 cm³/mol. The van der Waals surface area contributed by atoms with Gasteiger partial charge < -0.3 is 18.9 Å². The molecule has 0 saturated carbocycles. The van der Waals surface area contributed by atoms with E-state index in [4.69, 9.17) is 18.9 Å². The van der Waals surface area contributed by atoms with Crippen molar-refractivity contribution in [1.82, 2.24) is 0 Å². The first-order valence-electron chi connectivity index (χ1n) is 6.73. The van der Waals surface area contributed by atoms with Crippen LogP contribution in [0.3, 0.4) is 0 Å². The maximum Gasteiger partial charge on any atom is 0.164 e. The maximum absolute atomic E-state index is 5.86. The molecule has 2 aliphatic rings. The lowest BCUT2D eigenvalue weighted by Crippen LogP contribution is -2.32. The van der Waals surface area contributed by atoms with Crippen molar-refractivity contribution in [2.24, 2.45) is 0 Å². The van der Waals surface area contributed by atoms with Crippen molar-refractivity contribution in [2.45, 2.75) is 44.6 Å². The number of hydrogen-bond acceptors (Lipinski definition) is 4. The molecule has 3 rings (SSSR count). The topological polar surface area (TPSA) is 36.9 Å². The first kappa shape index (κ1) is 13.1. The minimum atomic E-state index is -0.503. The van der Waals surface area contributed by atoms with Crippen LogP contribution < -0.4 is 0 Å². The smallest absolute Gasteiger partial charge is 0.164 e. The summed E-state index contributed by atoms with van der Waals surface area (Å²) in [5, 5.41) is 0. The molecule has 1 aromatic rings. The van der Waals surface area contributed by atoms with Crippen molar-refractivity contribution in [3.05, 3.63) is 35.9 Å². The SMILES string of the molecule is CC1(C)O[C@H]2COC(COCc3ccccc3)[C@H]2O1. The molecule has 4 nitrogen and oxygen atoms in total. The molecule has 2 aliphatic heterocycles. The van der Waals surface area contributed by atoms with E-state index in [-0.39, 0.29) is 18.3 Å². The Hall–Kier alpha value is -0.940. The summed E-state index contributed by atoms with van der Waals surface area (Å²) in [6.45, 7) is 5.60. The molecule has 19 heavy (non-hydrogen) atoms. The van der Waals surface area contributed by atoms with Crippen molar-refractivity contribution in [3.63, 3.8) is 0 Å². The van der Waals surface area contributed by atoms with Gasteiger partial charge in [0.15, 0.2) is 5.79 Å². The second-order valence-corrected chi connectivity index (χ2v) is 5.51. The van der Waals surface area contributed by atoms with Crippen LogP contribution in [0, 0.1) is 0 Å². The average molecular weight is 264 g/mol. The molecule has 1 unspecified atom stereocenters. The summed E-state index contributed by atoms with van der Waals surface area (Å²) in [6, 6.07) is 10.1. The third-order valence-electron chi connectivity index (χ3n) is 3.46. The lowest BCUT2D eigenvalue weighted by Gasteiger charge is -2.21. The van der Waals surface area contributed by atoms with E-state index in [2.05, 4.69) is 12.1 Å². The highest BCUT2D eigenvalue weighted by Gasteiger charge is 2.50. The Kier molecular flexibility index (Phi) is 3.58. The summed E-state index contributed by atoms with van der Waals surface area (Å²) in [7, 11) is 0. The van der Waals surface area contributed by atoms with Gasteiger partial charge in [0.1, 0.15) is 18.3 Å². The summed E-state index contributed by atoms with van der Waals surface area (Å²) in [4.78, 5) is 0. The first-order chi connectivity index (χ1) is 9.14. The van der Waals surface area contributed by atoms with Gasteiger partial charge in [-0.3, -0.25) is 0 Å². The molecule has 2 fully saturated rings. The quantitative estimate of drug-likeness (QED) is 0.834. The molecule has 4 heteroatoms. The van der Waals surface area contributed by atoms with Crippen LogP contribution in [0.4, 0.5) is 0 Å². The highest BCUT2D eigenvalue weighted by Crippen LogP contribution is 2.35. The van der Waals surface area contributed by atoms with Crippen molar-refractivity contribution in [2.75, 3.05) is 13.2 Å². The zero-order chi connectivity index (χ0) is 13.3. The first-order valence-corrected chi connectivity index (χ1v) is 6.73. The molecule has 2 heterocycles. The van der Waals surface area contributed by atoms with E-state index in [1.807, 2.05) is 32.0 Å². The lowest BCUT2D eigenvalue weighted by atomic mass is 10.1. The molecule has 2 saturated heterocycles. The molecule has 0 amide bonds. The number of fused-ring (bicyclic) bond motifs is 1. The van der Waals surface area contributed by atoms with Crippen LogP contribution in [0.15, 0.2) is 30.3 Å². The average Bonchev–Trinajstić information content (AvgIpc) is 2.87. The predicted octanol–water partition coefficient (Wildman–Crippen LogP) is 2.12. The van der Waals surface area contributed by atoms with Crippen molar-refractivity contribution >= 4 is 0 Å². The molecular formula is C15H20O4. The Bertz CT molecular complexity index is 417. The fourth-order valence-corrected chi connectivity index (χ4v) is 2.63. The van der Waals surface area contributed by atoms with E-state index in [0.717, 1.165) is 0 Å². The largest absolute Gasteiger partial charge is 0.374 e. The number of benzene rings is 1. The van der Waals surface area contributed by atoms with E-state index < -0.39 is 5.79 Å². The Morgan fingerprint density at radius 2 is 2.00 bits per heavy atom. The molecule has 3 atom stereocenters. The summed E-state index contributed by atoms with van der Waals surface area (Å²) in [6.07, 6.45) is 0.00147. The third-order valence-corrected chi connectivity index (χ3v) is 3.46. The fraction of sp³-hybridized carbons (Fsp3) is 0.600. The second-order valence-electron chi connectivity index (χ2n) is 5.51. The van der Waals surface area contributed by atoms with Gasteiger partial charge in [0, 0.05) is 0 Å². The van der Waals surface area contributed by atoms with Crippen LogP contribution in [0.1, 0.15) is 19.4 Å². The Morgan fingerprint density at radius 1 is 1.21 bits per heavy atom. The van der Waals surface area contributed by atoms with Crippen LogP contribution >= 0.6 is 0 Å². The summed E-state index contributed by atoms with van der Waals surface area (Å²) in [5.41, 5.74) is 1.17. The van der Waals surface area contributed by atoms with Crippen molar-refractivity contribution in [3.8, 4) is 0 Å². The van der Waals surface area contributed by atoms with Gasteiger partial charge >= 0.3 is 0 Å². The summed E-state index contributed by atoms with van der Waals surface area (Å²) in [5.74, 6) is -0.503. The van der Waals surface area contributed by atoms with Gasteiger partial charge in [-0.2, -0.15) is 0 Å². The van der Waals surface area contributed by atoms with Gasteiger partial charge in [0.2, 0.25) is 0 Å². The monoisotopic (exact) mass is 264 g/mol. The van der Waals surface area contributed by atoms with Crippen LogP contribution in [-0.2, 0) is 25.6 Å². The molecule has 0 aromatic heterocycles. The number of rotatable bonds is 4. The van der Waals surface area contributed by atoms with Gasteiger partial charge in [-0.05, 0) is 19.4 Å². The zero-order valence-electron chi connectivity index (χ0n) is 11.4. The van der Waals surface area contributed by atoms with E-state index in [9.17, 15) is 0 Å². The van der Waals surface area contributed by atoms with E-state index >= 15 is 0 Å². The molecule has 0 bridgehead atoms. The Labute approximate surface area is 113 Å². The van der Waals surface area contributed by atoms with E-state index in [1.54, 1.807) is 0 Å². The Morgan fingerprint density at radius 3 is 2.79 bits per heavy atom. The molecule has 0 spiro atoms. The highest BCUT2D eigenvalue weighted by molar-refractivity contribution is 5.13. The molecule has 0 radical (unpaired) electrons. The van der Waals surface area contributed by atoms with Gasteiger partial charge in [-0.15, -0.1) is 0 Å². The minimum Gasteiger partial charge on any atom is -0.374 e. The van der Waals surface area contributed by atoms with Gasteiger partial charge in [-0.25, -0.2) is 0 Å². The van der Waals surface area contributed by atoms with Crippen molar-refractivity contribution < 1.29 is 18.9 Å². The standard InChI is InChI=1S/C15H20O4/c1-15(2)18-13-10-17-12(14(13)19-15)9-16-8-11-6-4-3-5-7-11/h3-7,12-14H,8-10H2,1-2H3/t12?,13-,14+/m0/s1. The van der Waals surface area contributed by atoms with Crippen LogP contribution in [0.25, 0.3) is 0 Å². The van der Waals surface area contributed by atoms with E-state index in [1.165, 1.54) is 5.56 Å². The number of hydrogen-bond donors (Lipinski definition) is 0. The molecular weight excluding hydrogens is 244 g/mol. The van der Waals surface area contributed by atoms with Gasteiger partial charge in [-0.1, -0.05) is 30.3 Å². The molecule has 0 aliphatic carbocycles. The molecule has 1 aromatic carbocycles. The Balaban J connectivity index is 1.49. The zero-order valence-corrected chi connectivity index (χ0v) is 11.4. The lowest BCUT2D eigenvalue weighted by molar-refractivity contribution is -0.180. The summed E-state index contributed by atoms with van der Waals surface area (Å²) >= 11 is 0. The van der Waals surface area contributed by atoms with Crippen molar-refractivity contribution in [1.29, 1.82) is 0 Å². The second kappa shape index (κ2) is 5.21.